The molecule has 0 atom stereocenters. The maximum atomic E-state index is 12.6. The lowest BCUT2D eigenvalue weighted by Crippen LogP contribution is -2.26. The molecule has 0 aromatic heterocycles. The van der Waals surface area contributed by atoms with Gasteiger partial charge in [-0.15, -0.1) is 0 Å². The number of hydrogen-bond donors (Lipinski definition) is 1. The summed E-state index contributed by atoms with van der Waals surface area (Å²) in [6.45, 7) is 7.72. The van der Waals surface area contributed by atoms with Crippen molar-refractivity contribution in [1.82, 2.24) is 4.90 Å². The van der Waals surface area contributed by atoms with Crippen molar-refractivity contribution >= 4 is 11.9 Å². The first kappa shape index (κ1) is 27.2. The van der Waals surface area contributed by atoms with Crippen molar-refractivity contribution in [3.05, 3.63) is 47.5 Å². The van der Waals surface area contributed by atoms with E-state index >= 15 is 0 Å². The molecule has 2 rings (SSSR count). The summed E-state index contributed by atoms with van der Waals surface area (Å²) in [4.78, 5) is 25.3. The Bertz CT molecular complexity index is 940. The van der Waals surface area contributed by atoms with Crippen molar-refractivity contribution in [3.63, 3.8) is 0 Å². The van der Waals surface area contributed by atoms with Crippen LogP contribution in [0.4, 0.5) is 0 Å². The van der Waals surface area contributed by atoms with E-state index in [9.17, 15) is 9.59 Å². The van der Waals surface area contributed by atoms with Crippen molar-refractivity contribution in [1.29, 1.82) is 0 Å². The quantitative estimate of drug-likeness (QED) is 0.319. The number of carbonyl (C=O) groups is 2. The fourth-order valence-corrected chi connectivity index (χ4v) is 3.77. The van der Waals surface area contributed by atoms with E-state index in [1.165, 1.54) is 0 Å². The highest BCUT2D eigenvalue weighted by molar-refractivity contribution is 5.76. The minimum absolute atomic E-state index is 0.0817. The summed E-state index contributed by atoms with van der Waals surface area (Å²) in [6.07, 6.45) is 5.02. The van der Waals surface area contributed by atoms with Gasteiger partial charge in [-0.2, -0.15) is 0 Å². The first-order valence-electron chi connectivity index (χ1n) is 12.4. The first-order chi connectivity index (χ1) is 16.4. The maximum absolute atomic E-state index is 12.6. The highest BCUT2D eigenvalue weighted by Gasteiger charge is 2.15. The van der Waals surface area contributed by atoms with Crippen LogP contribution in [0.2, 0.25) is 0 Å². The van der Waals surface area contributed by atoms with Gasteiger partial charge in [0.2, 0.25) is 5.91 Å². The molecule has 2 aromatic carbocycles. The molecular formula is C28H39NO5. The number of ether oxygens (including phenoxy) is 2. The van der Waals surface area contributed by atoms with Gasteiger partial charge < -0.3 is 19.5 Å². The zero-order valence-corrected chi connectivity index (χ0v) is 21.1. The van der Waals surface area contributed by atoms with Crippen LogP contribution >= 0.6 is 0 Å². The Balaban J connectivity index is 2.34. The number of benzene rings is 2. The third kappa shape index (κ3) is 8.40. The molecule has 0 aliphatic carbocycles. The lowest BCUT2D eigenvalue weighted by molar-refractivity contribution is -0.137. The van der Waals surface area contributed by atoms with Crippen molar-refractivity contribution in [2.45, 2.75) is 72.3 Å². The molecule has 0 unspecified atom stereocenters. The van der Waals surface area contributed by atoms with Crippen molar-refractivity contribution in [2.75, 3.05) is 20.3 Å². The van der Waals surface area contributed by atoms with Crippen molar-refractivity contribution in [2.24, 2.45) is 0 Å². The molecule has 186 valence electrons. The fourth-order valence-electron chi connectivity index (χ4n) is 3.77. The predicted molar refractivity (Wildman–Crippen MR) is 135 cm³/mol. The molecule has 0 aliphatic heterocycles. The van der Waals surface area contributed by atoms with Crippen LogP contribution in [0.25, 0.3) is 11.1 Å². The van der Waals surface area contributed by atoms with E-state index in [2.05, 4.69) is 19.9 Å². The lowest BCUT2D eigenvalue weighted by Gasteiger charge is -2.21. The van der Waals surface area contributed by atoms with Crippen LogP contribution in [0, 0.1) is 0 Å². The number of aliphatic carboxylic acids is 1. The molecule has 0 saturated carbocycles. The number of unbranched alkanes of at least 4 members (excludes halogenated alkanes) is 2. The second kappa shape index (κ2) is 14.3. The number of carboxylic acid groups (broad SMARTS) is 1. The molecule has 0 saturated heterocycles. The summed E-state index contributed by atoms with van der Waals surface area (Å²) in [6, 6.07) is 11.9. The van der Waals surface area contributed by atoms with Crippen LogP contribution < -0.4 is 9.47 Å². The van der Waals surface area contributed by atoms with E-state index in [0.717, 1.165) is 59.4 Å². The van der Waals surface area contributed by atoms with Crippen LogP contribution in [0.15, 0.2) is 36.4 Å². The average Bonchev–Trinajstić information content (AvgIpc) is 2.82. The Hall–Kier alpha value is -3.02. The fraction of sp³-hybridized carbons (Fsp3) is 0.500. The molecule has 0 fully saturated rings. The summed E-state index contributed by atoms with van der Waals surface area (Å²) >= 11 is 0. The van der Waals surface area contributed by atoms with E-state index in [1.807, 2.05) is 44.3 Å². The average molecular weight is 470 g/mol. The molecule has 1 N–H and O–H groups in total. The van der Waals surface area contributed by atoms with Gasteiger partial charge in [-0.1, -0.05) is 44.9 Å². The van der Waals surface area contributed by atoms with Gasteiger partial charge in [-0.25, -0.2) is 0 Å². The third-order valence-electron chi connectivity index (χ3n) is 5.63. The summed E-state index contributed by atoms with van der Waals surface area (Å²) in [5.41, 5.74) is 3.79. The zero-order valence-electron chi connectivity index (χ0n) is 21.1. The summed E-state index contributed by atoms with van der Waals surface area (Å²) < 4.78 is 11.9. The van der Waals surface area contributed by atoms with Gasteiger partial charge in [0.1, 0.15) is 11.5 Å². The first-order valence-corrected chi connectivity index (χ1v) is 12.4. The Morgan fingerprint density at radius 3 is 2.38 bits per heavy atom. The molecule has 2 aromatic rings. The molecule has 1 amide bonds. The molecular weight excluding hydrogens is 430 g/mol. The third-order valence-corrected chi connectivity index (χ3v) is 5.63. The van der Waals surface area contributed by atoms with E-state index in [0.29, 0.717) is 32.6 Å². The molecule has 0 spiro atoms. The molecule has 0 aliphatic rings. The maximum Gasteiger partial charge on any atom is 0.303 e. The number of aryl methyl sites for hydroxylation is 1. The standard InChI is InChI=1S/C28H39NO5/c1-5-8-9-10-27(30)29(4)20-23-19-22(13-15-25(23)33-7-3)24-14-11-21(12-16-28(31)32)18-26(24)34-17-6-2/h11,13-15,18-19H,5-10,12,16-17,20H2,1-4H3,(H,31,32). The highest BCUT2D eigenvalue weighted by atomic mass is 16.5. The summed E-state index contributed by atoms with van der Waals surface area (Å²) in [5.74, 6) is 0.832. The van der Waals surface area contributed by atoms with Gasteiger partial charge in [0, 0.05) is 37.6 Å². The molecule has 0 radical (unpaired) electrons. The molecule has 6 nitrogen and oxygen atoms in total. The van der Waals surface area contributed by atoms with Gasteiger partial charge in [-0.05, 0) is 55.5 Å². The minimum atomic E-state index is -0.815. The molecule has 6 heteroatoms. The second-order valence-corrected chi connectivity index (χ2v) is 8.54. The number of rotatable bonds is 15. The molecule has 0 bridgehead atoms. The predicted octanol–water partition coefficient (Wildman–Crippen LogP) is 6.10. The van der Waals surface area contributed by atoms with Crippen LogP contribution in [0.1, 0.15) is 70.4 Å². The highest BCUT2D eigenvalue weighted by Crippen LogP contribution is 2.35. The van der Waals surface area contributed by atoms with Crippen LogP contribution in [-0.4, -0.2) is 42.1 Å². The van der Waals surface area contributed by atoms with Crippen LogP contribution in [0.5, 0.6) is 11.5 Å². The van der Waals surface area contributed by atoms with Gasteiger partial charge >= 0.3 is 5.97 Å². The monoisotopic (exact) mass is 469 g/mol. The van der Waals surface area contributed by atoms with Gasteiger partial charge in [-0.3, -0.25) is 9.59 Å². The van der Waals surface area contributed by atoms with Gasteiger partial charge in [0.25, 0.3) is 0 Å². The normalized spacial score (nSPS) is 10.7. The van der Waals surface area contributed by atoms with Gasteiger partial charge in [0.15, 0.2) is 0 Å². The SMILES string of the molecule is CCCCCC(=O)N(C)Cc1cc(-c2ccc(CCC(=O)O)cc2OCCC)ccc1OCC. The number of hydrogen-bond acceptors (Lipinski definition) is 4. The van der Waals surface area contributed by atoms with Crippen LogP contribution in [0.3, 0.4) is 0 Å². The Labute approximate surface area is 203 Å². The van der Waals surface area contributed by atoms with E-state index in [-0.39, 0.29) is 12.3 Å². The smallest absolute Gasteiger partial charge is 0.303 e. The number of carbonyl (C=O) groups excluding carboxylic acids is 1. The topological polar surface area (TPSA) is 76.1 Å². The van der Waals surface area contributed by atoms with E-state index < -0.39 is 5.97 Å². The van der Waals surface area contributed by atoms with E-state index in [1.54, 1.807) is 4.90 Å². The molecule has 0 heterocycles. The number of amides is 1. The summed E-state index contributed by atoms with van der Waals surface area (Å²) in [7, 11) is 1.84. The van der Waals surface area contributed by atoms with Crippen molar-refractivity contribution in [3.8, 4) is 22.6 Å². The second-order valence-electron chi connectivity index (χ2n) is 8.54. The zero-order chi connectivity index (χ0) is 24.9. The Kier molecular flexibility index (Phi) is 11.4. The van der Waals surface area contributed by atoms with Crippen LogP contribution in [-0.2, 0) is 22.6 Å². The van der Waals surface area contributed by atoms with E-state index in [4.69, 9.17) is 14.6 Å². The van der Waals surface area contributed by atoms with Gasteiger partial charge in [0.05, 0.1) is 13.2 Å². The number of nitrogens with zero attached hydrogens (tertiary/aromatic N) is 1. The van der Waals surface area contributed by atoms with Crippen molar-refractivity contribution < 1.29 is 24.2 Å². The molecule has 34 heavy (non-hydrogen) atoms. The lowest BCUT2D eigenvalue weighted by atomic mass is 9.98. The minimum Gasteiger partial charge on any atom is -0.494 e. The summed E-state index contributed by atoms with van der Waals surface area (Å²) in [5, 5.41) is 9.02. The Morgan fingerprint density at radius 2 is 1.71 bits per heavy atom. The largest absolute Gasteiger partial charge is 0.494 e. The number of carboxylic acids is 1. The Morgan fingerprint density at radius 1 is 0.912 bits per heavy atom.